The van der Waals surface area contributed by atoms with Gasteiger partial charge in [-0.1, -0.05) is 60.7 Å². The van der Waals surface area contributed by atoms with Crippen LogP contribution in [0.15, 0.2) is 97.3 Å². The van der Waals surface area contributed by atoms with Crippen LogP contribution in [-0.4, -0.2) is 9.55 Å². The molecule has 3 aromatic carbocycles. The molecule has 3 nitrogen and oxygen atoms in total. The molecule has 0 amide bonds. The van der Waals surface area contributed by atoms with Crippen LogP contribution in [0.2, 0.25) is 0 Å². The molecule has 29 heavy (non-hydrogen) atoms. The van der Waals surface area contributed by atoms with Crippen molar-refractivity contribution in [3.63, 3.8) is 0 Å². The van der Waals surface area contributed by atoms with Gasteiger partial charge < -0.3 is 0 Å². The molecule has 5 rings (SSSR count). The van der Waals surface area contributed by atoms with Crippen molar-refractivity contribution in [2.24, 2.45) is 7.05 Å². The van der Waals surface area contributed by atoms with E-state index in [0.29, 0.717) is 0 Å². The Hall–Kier alpha value is -3.72. The predicted octanol–water partition coefficient (Wildman–Crippen LogP) is 5.49. The number of nitrogens with zero attached hydrogens (tertiary/aromatic N) is 3. The first-order chi connectivity index (χ1) is 14.3. The lowest BCUT2D eigenvalue weighted by Gasteiger charge is -2.10. The van der Waals surface area contributed by atoms with Crippen LogP contribution in [0.5, 0.6) is 0 Å². The monoisotopic (exact) mass is 376 g/mol. The molecule has 0 atom stereocenters. The Labute approximate surface area is 170 Å². The molecule has 0 aliphatic carbocycles. The summed E-state index contributed by atoms with van der Waals surface area (Å²) in [4.78, 5) is 4.30. The maximum absolute atomic E-state index is 4.30. The van der Waals surface area contributed by atoms with Gasteiger partial charge in [0.25, 0.3) is 5.82 Å². The number of fused-ring (bicyclic) bond motifs is 1. The van der Waals surface area contributed by atoms with Crippen molar-refractivity contribution in [1.82, 2.24) is 9.55 Å². The molecule has 0 aliphatic heterocycles. The summed E-state index contributed by atoms with van der Waals surface area (Å²) >= 11 is 0. The SMILES string of the molecule is Cc1cnccc1-c1n(-c2ccccc2-c2ccccc2)c2ccccc2[n+]1C. The molecule has 0 saturated heterocycles. The van der Waals surface area contributed by atoms with Crippen LogP contribution >= 0.6 is 0 Å². The summed E-state index contributed by atoms with van der Waals surface area (Å²) in [5.41, 5.74) is 8.31. The molecule has 2 heterocycles. The largest absolute Gasteiger partial charge is 0.295 e. The molecule has 2 aromatic heterocycles. The molecule has 0 spiro atoms. The topological polar surface area (TPSA) is 21.7 Å². The van der Waals surface area contributed by atoms with Crippen LogP contribution in [0.25, 0.3) is 39.2 Å². The van der Waals surface area contributed by atoms with Gasteiger partial charge in [-0.15, -0.1) is 0 Å². The van der Waals surface area contributed by atoms with E-state index >= 15 is 0 Å². The Morgan fingerprint density at radius 3 is 2.31 bits per heavy atom. The van der Waals surface area contributed by atoms with Gasteiger partial charge in [-0.25, -0.2) is 4.57 Å². The highest BCUT2D eigenvalue weighted by Crippen LogP contribution is 2.33. The van der Waals surface area contributed by atoms with E-state index < -0.39 is 0 Å². The summed E-state index contributed by atoms with van der Waals surface area (Å²) < 4.78 is 4.65. The van der Waals surface area contributed by atoms with Crippen molar-refractivity contribution in [3.05, 3.63) is 103 Å². The van der Waals surface area contributed by atoms with E-state index in [1.807, 2.05) is 12.4 Å². The molecule has 0 fully saturated rings. The molecule has 5 aromatic rings. The number of benzene rings is 3. The number of hydrogen-bond donors (Lipinski definition) is 0. The fraction of sp³-hybridized carbons (Fsp3) is 0.0769. The van der Waals surface area contributed by atoms with Crippen molar-refractivity contribution in [2.75, 3.05) is 0 Å². The Bertz CT molecular complexity index is 1320. The number of aromatic nitrogens is 3. The third kappa shape index (κ3) is 2.83. The van der Waals surface area contributed by atoms with Gasteiger partial charge >= 0.3 is 0 Å². The van der Waals surface area contributed by atoms with Crippen molar-refractivity contribution < 1.29 is 4.57 Å². The Morgan fingerprint density at radius 1 is 0.759 bits per heavy atom. The number of pyridine rings is 1. The van der Waals surface area contributed by atoms with Crippen LogP contribution in [-0.2, 0) is 7.05 Å². The molecule has 140 valence electrons. The minimum absolute atomic E-state index is 1.15. The number of aryl methyl sites for hydroxylation is 2. The highest BCUT2D eigenvalue weighted by atomic mass is 15.2. The zero-order valence-electron chi connectivity index (χ0n) is 16.6. The van der Waals surface area contributed by atoms with Gasteiger partial charge in [0.1, 0.15) is 5.69 Å². The minimum atomic E-state index is 1.15. The van der Waals surface area contributed by atoms with Gasteiger partial charge in [-0.3, -0.25) is 4.98 Å². The van der Waals surface area contributed by atoms with Crippen molar-refractivity contribution >= 4 is 11.0 Å². The lowest BCUT2D eigenvalue weighted by atomic mass is 10.0. The normalized spacial score (nSPS) is 11.1. The molecular formula is C26H22N3+. The van der Waals surface area contributed by atoms with Gasteiger partial charge in [-0.05, 0) is 42.3 Å². The summed E-state index contributed by atoms with van der Waals surface area (Å²) in [7, 11) is 2.14. The van der Waals surface area contributed by atoms with Gasteiger partial charge in [0, 0.05) is 18.0 Å². The van der Waals surface area contributed by atoms with Crippen LogP contribution < -0.4 is 4.57 Å². The van der Waals surface area contributed by atoms with Gasteiger partial charge in [0.2, 0.25) is 0 Å². The summed E-state index contributed by atoms with van der Waals surface area (Å²) in [5, 5.41) is 0. The standard InChI is InChI=1S/C26H22N3/c1-19-18-27-17-16-21(19)26-28(2)24-14-8-9-15-25(24)29(26)23-13-7-6-12-22(23)20-10-4-3-5-11-20/h3-18H,1-2H3/q+1. The number of rotatable bonds is 3. The number of para-hydroxylation sites is 3. The second kappa shape index (κ2) is 7.02. The van der Waals surface area contributed by atoms with E-state index in [0.717, 1.165) is 11.4 Å². The van der Waals surface area contributed by atoms with E-state index in [4.69, 9.17) is 0 Å². The van der Waals surface area contributed by atoms with E-state index in [1.165, 1.54) is 33.4 Å². The zero-order chi connectivity index (χ0) is 19.8. The smallest absolute Gasteiger partial charge is 0.264 e. The van der Waals surface area contributed by atoms with Gasteiger partial charge in [0.15, 0.2) is 11.0 Å². The maximum atomic E-state index is 4.30. The van der Waals surface area contributed by atoms with Gasteiger partial charge in [-0.2, -0.15) is 4.57 Å². The fourth-order valence-corrected chi connectivity index (χ4v) is 4.11. The lowest BCUT2D eigenvalue weighted by Crippen LogP contribution is -2.30. The molecule has 3 heteroatoms. The second-order valence-electron chi connectivity index (χ2n) is 7.28. The van der Waals surface area contributed by atoms with Crippen molar-refractivity contribution in [2.45, 2.75) is 6.92 Å². The molecular weight excluding hydrogens is 354 g/mol. The van der Waals surface area contributed by atoms with E-state index in [2.05, 4.69) is 113 Å². The second-order valence-corrected chi connectivity index (χ2v) is 7.28. The zero-order valence-corrected chi connectivity index (χ0v) is 16.6. The number of imidazole rings is 1. The van der Waals surface area contributed by atoms with Crippen molar-refractivity contribution in [3.8, 4) is 28.2 Å². The van der Waals surface area contributed by atoms with E-state index in [-0.39, 0.29) is 0 Å². The first-order valence-electron chi connectivity index (χ1n) is 9.81. The minimum Gasteiger partial charge on any atom is -0.264 e. The summed E-state index contributed by atoms with van der Waals surface area (Å²) in [6.07, 6.45) is 3.80. The van der Waals surface area contributed by atoms with Crippen LogP contribution in [0.4, 0.5) is 0 Å². The lowest BCUT2D eigenvalue weighted by molar-refractivity contribution is -0.633. The maximum Gasteiger partial charge on any atom is 0.295 e. The molecule has 0 saturated carbocycles. The summed E-state index contributed by atoms with van der Waals surface area (Å²) in [6, 6.07) is 29.9. The first kappa shape index (κ1) is 17.4. The van der Waals surface area contributed by atoms with E-state index in [9.17, 15) is 0 Å². The average Bonchev–Trinajstić information content (AvgIpc) is 3.07. The van der Waals surface area contributed by atoms with Crippen LogP contribution in [0.3, 0.4) is 0 Å². The molecule has 0 aliphatic rings. The average molecular weight is 376 g/mol. The highest BCUT2D eigenvalue weighted by Gasteiger charge is 2.28. The molecule has 0 N–H and O–H groups in total. The molecule has 0 bridgehead atoms. The predicted molar refractivity (Wildman–Crippen MR) is 118 cm³/mol. The van der Waals surface area contributed by atoms with Crippen LogP contribution in [0, 0.1) is 6.92 Å². The van der Waals surface area contributed by atoms with Crippen LogP contribution in [0.1, 0.15) is 5.56 Å². The quantitative estimate of drug-likeness (QED) is 0.382. The summed E-state index contributed by atoms with van der Waals surface area (Å²) in [5.74, 6) is 1.15. The van der Waals surface area contributed by atoms with Crippen molar-refractivity contribution in [1.29, 1.82) is 0 Å². The molecule has 0 radical (unpaired) electrons. The molecule has 0 unspecified atom stereocenters. The fourth-order valence-electron chi connectivity index (χ4n) is 4.11. The third-order valence-electron chi connectivity index (χ3n) is 5.50. The Balaban J connectivity index is 1.91. The van der Waals surface area contributed by atoms with E-state index in [1.54, 1.807) is 0 Å². The summed E-state index contributed by atoms with van der Waals surface area (Å²) in [6.45, 7) is 2.12. The Morgan fingerprint density at radius 2 is 1.48 bits per heavy atom. The van der Waals surface area contributed by atoms with Gasteiger partial charge in [0.05, 0.1) is 12.6 Å². The number of hydrogen-bond acceptors (Lipinski definition) is 1. The first-order valence-corrected chi connectivity index (χ1v) is 9.81. The Kier molecular flexibility index (Phi) is 4.21. The third-order valence-corrected chi connectivity index (χ3v) is 5.50. The highest BCUT2D eigenvalue weighted by molar-refractivity contribution is 5.83.